The predicted octanol–water partition coefficient (Wildman–Crippen LogP) is 2.04. The SMILES string of the molecule is Cn1c2ccccc2c2nnc(SCC(=O)Nc3ncccn3)nc21. The Hall–Kier alpha value is -3.07. The number of nitrogens with one attached hydrogen (secondary N) is 1. The van der Waals surface area contributed by atoms with Gasteiger partial charge in [0.25, 0.3) is 0 Å². The maximum Gasteiger partial charge on any atom is 0.237 e. The quantitative estimate of drug-likeness (QED) is 0.562. The fraction of sp³-hybridized carbons (Fsp3) is 0.125. The highest BCUT2D eigenvalue weighted by atomic mass is 32.2. The smallest absolute Gasteiger partial charge is 0.237 e. The van der Waals surface area contributed by atoms with Crippen molar-refractivity contribution in [1.29, 1.82) is 0 Å². The van der Waals surface area contributed by atoms with Crippen LogP contribution in [-0.2, 0) is 11.8 Å². The first kappa shape index (κ1) is 15.5. The van der Waals surface area contributed by atoms with Gasteiger partial charge in [-0.05, 0) is 12.1 Å². The fourth-order valence-corrected chi connectivity index (χ4v) is 3.09. The topological polar surface area (TPSA) is 98.5 Å². The number of para-hydroxylation sites is 1. The number of carbonyl (C=O) groups is 1. The fourth-order valence-electron chi connectivity index (χ4n) is 2.51. The van der Waals surface area contributed by atoms with Gasteiger partial charge in [0.05, 0.1) is 11.3 Å². The van der Waals surface area contributed by atoms with Crippen LogP contribution in [0.3, 0.4) is 0 Å². The molecule has 4 rings (SSSR count). The van der Waals surface area contributed by atoms with Gasteiger partial charge in [0.15, 0.2) is 5.65 Å². The lowest BCUT2D eigenvalue weighted by Gasteiger charge is -2.02. The van der Waals surface area contributed by atoms with Gasteiger partial charge < -0.3 is 4.57 Å². The molecule has 0 radical (unpaired) electrons. The van der Waals surface area contributed by atoms with E-state index in [1.807, 2.05) is 35.9 Å². The molecule has 0 atom stereocenters. The average molecular weight is 351 g/mol. The molecule has 0 saturated heterocycles. The number of nitrogens with zero attached hydrogens (tertiary/aromatic N) is 6. The Labute approximate surface area is 146 Å². The van der Waals surface area contributed by atoms with Crippen LogP contribution in [0.5, 0.6) is 0 Å². The number of hydrogen-bond donors (Lipinski definition) is 1. The zero-order valence-corrected chi connectivity index (χ0v) is 14.1. The molecule has 124 valence electrons. The summed E-state index contributed by atoms with van der Waals surface area (Å²) in [6.07, 6.45) is 3.13. The third-order valence-corrected chi connectivity index (χ3v) is 4.47. The van der Waals surface area contributed by atoms with Crippen molar-refractivity contribution in [1.82, 2.24) is 29.7 Å². The van der Waals surface area contributed by atoms with E-state index in [1.54, 1.807) is 18.5 Å². The summed E-state index contributed by atoms with van der Waals surface area (Å²) >= 11 is 1.22. The van der Waals surface area contributed by atoms with Crippen LogP contribution >= 0.6 is 11.8 Å². The monoisotopic (exact) mass is 351 g/mol. The van der Waals surface area contributed by atoms with Crippen molar-refractivity contribution in [3.05, 3.63) is 42.7 Å². The minimum atomic E-state index is -0.225. The van der Waals surface area contributed by atoms with Crippen molar-refractivity contribution in [2.24, 2.45) is 7.05 Å². The maximum atomic E-state index is 12.0. The van der Waals surface area contributed by atoms with Crippen molar-refractivity contribution in [2.45, 2.75) is 5.16 Å². The molecule has 1 amide bonds. The zero-order chi connectivity index (χ0) is 17.2. The molecular weight excluding hydrogens is 338 g/mol. The summed E-state index contributed by atoms with van der Waals surface area (Å²) in [5, 5.41) is 12.5. The highest BCUT2D eigenvalue weighted by Crippen LogP contribution is 2.25. The number of carbonyl (C=O) groups excluding carboxylic acids is 1. The Balaban J connectivity index is 1.53. The summed E-state index contributed by atoms with van der Waals surface area (Å²) in [5.41, 5.74) is 2.54. The van der Waals surface area contributed by atoms with Gasteiger partial charge >= 0.3 is 0 Å². The predicted molar refractivity (Wildman–Crippen MR) is 95.2 cm³/mol. The molecule has 4 aromatic rings. The Bertz CT molecular complexity index is 1060. The number of amides is 1. The lowest BCUT2D eigenvalue weighted by Crippen LogP contribution is -2.16. The minimum absolute atomic E-state index is 0.148. The summed E-state index contributed by atoms with van der Waals surface area (Å²) in [4.78, 5) is 24.4. The van der Waals surface area contributed by atoms with Crippen molar-refractivity contribution >= 4 is 45.7 Å². The lowest BCUT2D eigenvalue weighted by molar-refractivity contribution is -0.113. The molecule has 0 spiro atoms. The Morgan fingerprint density at radius 1 is 1.16 bits per heavy atom. The molecule has 3 heterocycles. The van der Waals surface area contributed by atoms with Gasteiger partial charge in [-0.3, -0.25) is 10.1 Å². The number of fused-ring (bicyclic) bond motifs is 3. The molecule has 25 heavy (non-hydrogen) atoms. The Kier molecular flexibility index (Phi) is 3.98. The van der Waals surface area contributed by atoms with Crippen molar-refractivity contribution in [3.8, 4) is 0 Å². The number of thioether (sulfide) groups is 1. The summed E-state index contributed by atoms with van der Waals surface area (Å²) in [6.45, 7) is 0. The first-order valence-electron chi connectivity index (χ1n) is 7.50. The molecule has 0 bridgehead atoms. The average Bonchev–Trinajstić information content (AvgIpc) is 2.93. The third kappa shape index (κ3) is 3.01. The molecule has 0 aliphatic heterocycles. The van der Waals surface area contributed by atoms with E-state index in [1.165, 1.54) is 11.8 Å². The van der Waals surface area contributed by atoms with Gasteiger partial charge in [-0.2, -0.15) is 0 Å². The summed E-state index contributed by atoms with van der Waals surface area (Å²) < 4.78 is 1.97. The molecule has 3 aromatic heterocycles. The molecular formula is C16H13N7OS. The van der Waals surface area contributed by atoms with Crippen LogP contribution < -0.4 is 5.32 Å². The van der Waals surface area contributed by atoms with Gasteiger partial charge in [-0.25, -0.2) is 15.0 Å². The lowest BCUT2D eigenvalue weighted by atomic mass is 10.2. The molecule has 0 aliphatic carbocycles. The van der Waals surface area contributed by atoms with Crippen LogP contribution in [0.4, 0.5) is 5.95 Å². The Morgan fingerprint density at radius 2 is 1.96 bits per heavy atom. The highest BCUT2D eigenvalue weighted by molar-refractivity contribution is 7.99. The summed E-state index contributed by atoms with van der Waals surface area (Å²) in [7, 11) is 1.94. The van der Waals surface area contributed by atoms with Crippen molar-refractivity contribution < 1.29 is 4.79 Å². The van der Waals surface area contributed by atoms with Crippen LogP contribution in [0.1, 0.15) is 0 Å². The van der Waals surface area contributed by atoms with E-state index in [0.29, 0.717) is 5.16 Å². The van der Waals surface area contributed by atoms with Crippen LogP contribution in [0.15, 0.2) is 47.9 Å². The van der Waals surface area contributed by atoms with E-state index in [4.69, 9.17) is 0 Å². The number of benzene rings is 1. The van der Waals surface area contributed by atoms with Crippen LogP contribution in [0, 0.1) is 0 Å². The van der Waals surface area contributed by atoms with Gasteiger partial charge in [-0.1, -0.05) is 30.0 Å². The number of aromatic nitrogens is 6. The Morgan fingerprint density at radius 3 is 2.80 bits per heavy atom. The minimum Gasteiger partial charge on any atom is -0.327 e. The molecule has 1 N–H and O–H groups in total. The van der Waals surface area contributed by atoms with E-state index in [9.17, 15) is 4.79 Å². The molecule has 0 unspecified atom stereocenters. The highest BCUT2D eigenvalue weighted by Gasteiger charge is 2.13. The molecule has 0 saturated carbocycles. The van der Waals surface area contributed by atoms with Crippen LogP contribution in [0.2, 0.25) is 0 Å². The molecule has 9 heteroatoms. The van der Waals surface area contributed by atoms with E-state index in [-0.39, 0.29) is 17.6 Å². The second-order valence-electron chi connectivity index (χ2n) is 5.25. The number of aryl methyl sites for hydroxylation is 1. The second kappa shape index (κ2) is 6.44. The second-order valence-corrected chi connectivity index (χ2v) is 6.19. The molecule has 1 aromatic carbocycles. The van der Waals surface area contributed by atoms with Gasteiger partial charge in [0, 0.05) is 24.8 Å². The standard InChI is InChI=1S/C16H13N7OS/c1-23-11-6-3-2-5-10(11)13-14(23)20-16(22-21-13)25-9-12(24)19-15-17-7-4-8-18-15/h2-8H,9H2,1H3,(H,17,18,19,24). The van der Waals surface area contributed by atoms with Crippen molar-refractivity contribution in [3.63, 3.8) is 0 Å². The molecule has 8 nitrogen and oxygen atoms in total. The number of anilines is 1. The first-order chi connectivity index (χ1) is 12.2. The van der Waals surface area contributed by atoms with E-state index in [2.05, 4.69) is 30.5 Å². The maximum absolute atomic E-state index is 12.0. The van der Waals surface area contributed by atoms with Gasteiger partial charge in [0.1, 0.15) is 5.52 Å². The number of rotatable bonds is 4. The summed E-state index contributed by atoms with van der Waals surface area (Å²) in [6, 6.07) is 9.62. The summed E-state index contributed by atoms with van der Waals surface area (Å²) in [5.74, 6) is 0.197. The first-order valence-corrected chi connectivity index (χ1v) is 8.48. The normalized spacial score (nSPS) is 11.1. The zero-order valence-electron chi connectivity index (χ0n) is 13.2. The van der Waals surface area contributed by atoms with Crippen LogP contribution in [0.25, 0.3) is 22.1 Å². The largest absolute Gasteiger partial charge is 0.327 e. The van der Waals surface area contributed by atoms with Gasteiger partial charge in [-0.15, -0.1) is 10.2 Å². The van der Waals surface area contributed by atoms with E-state index < -0.39 is 0 Å². The van der Waals surface area contributed by atoms with Gasteiger partial charge in [0.2, 0.25) is 17.0 Å². The molecule has 0 fully saturated rings. The van der Waals surface area contributed by atoms with Crippen molar-refractivity contribution in [2.75, 3.05) is 11.1 Å². The van der Waals surface area contributed by atoms with E-state index >= 15 is 0 Å². The van der Waals surface area contributed by atoms with Crippen LogP contribution in [-0.4, -0.2) is 41.4 Å². The molecule has 0 aliphatic rings. The number of hydrogen-bond acceptors (Lipinski definition) is 7. The van der Waals surface area contributed by atoms with E-state index in [0.717, 1.165) is 22.1 Å². The third-order valence-electron chi connectivity index (χ3n) is 3.64.